The van der Waals surface area contributed by atoms with Crippen LogP contribution in [-0.2, 0) is 0 Å². The van der Waals surface area contributed by atoms with Gasteiger partial charge >= 0.3 is 0 Å². The smallest absolute Gasteiger partial charge is 0.0991 e. The largest absolute Gasteiger partial charge is 0.387 e. The predicted molar refractivity (Wildman–Crippen MR) is 82.8 cm³/mol. The zero-order chi connectivity index (χ0) is 14.2. The van der Waals surface area contributed by atoms with Gasteiger partial charge in [-0.25, -0.2) is 0 Å². The molecule has 0 bridgehead atoms. The second-order valence-corrected chi connectivity index (χ2v) is 6.13. The van der Waals surface area contributed by atoms with Gasteiger partial charge in [0, 0.05) is 44.2 Å². The Morgan fingerprint density at radius 1 is 1.30 bits per heavy atom. The van der Waals surface area contributed by atoms with Crippen LogP contribution in [0.3, 0.4) is 0 Å². The molecular weight excluding hydrogens is 270 g/mol. The molecule has 0 aliphatic carbocycles. The first-order valence-corrected chi connectivity index (χ1v) is 8.14. The van der Waals surface area contributed by atoms with E-state index in [1.807, 2.05) is 23.9 Å². The highest BCUT2D eigenvalue weighted by atomic mass is 32.2. The Morgan fingerprint density at radius 2 is 2.00 bits per heavy atom. The molecule has 1 heterocycles. The molecule has 108 valence electrons. The van der Waals surface area contributed by atoms with Crippen LogP contribution in [0.2, 0.25) is 0 Å². The lowest BCUT2D eigenvalue weighted by molar-refractivity contribution is 0.172. The van der Waals surface area contributed by atoms with Crippen LogP contribution in [0.15, 0.2) is 24.3 Å². The maximum Gasteiger partial charge on any atom is 0.0991 e. The molecule has 1 aromatic rings. The molecule has 1 saturated heterocycles. The number of benzene rings is 1. The Bertz CT molecular complexity index is 437. The molecule has 5 heteroatoms. The third-order valence-electron chi connectivity index (χ3n) is 3.47. The highest BCUT2D eigenvalue weighted by Crippen LogP contribution is 2.12. The van der Waals surface area contributed by atoms with E-state index >= 15 is 0 Å². The summed E-state index contributed by atoms with van der Waals surface area (Å²) >= 11 is 2.02. The van der Waals surface area contributed by atoms with Crippen molar-refractivity contribution in [2.24, 2.45) is 0 Å². The van der Waals surface area contributed by atoms with Gasteiger partial charge in [-0.1, -0.05) is 12.1 Å². The van der Waals surface area contributed by atoms with Gasteiger partial charge in [0.2, 0.25) is 0 Å². The Labute approximate surface area is 124 Å². The number of thioether (sulfide) groups is 1. The van der Waals surface area contributed by atoms with Crippen molar-refractivity contribution in [2.45, 2.75) is 6.10 Å². The van der Waals surface area contributed by atoms with Crippen molar-refractivity contribution in [2.75, 3.05) is 44.2 Å². The Morgan fingerprint density at radius 3 is 2.65 bits per heavy atom. The summed E-state index contributed by atoms with van der Waals surface area (Å²) in [6, 6.07) is 9.18. The van der Waals surface area contributed by atoms with Crippen molar-refractivity contribution in [3.05, 3.63) is 35.4 Å². The summed E-state index contributed by atoms with van der Waals surface area (Å²) in [5.74, 6) is 2.46. The van der Waals surface area contributed by atoms with E-state index in [1.165, 1.54) is 24.6 Å². The number of nitriles is 1. The molecule has 0 saturated carbocycles. The Balaban J connectivity index is 1.66. The zero-order valence-electron chi connectivity index (χ0n) is 11.6. The summed E-state index contributed by atoms with van der Waals surface area (Å²) in [6.45, 7) is 4.84. The molecule has 1 unspecified atom stereocenters. The first kappa shape index (κ1) is 15.3. The summed E-state index contributed by atoms with van der Waals surface area (Å²) in [5.41, 5.74) is 1.47. The number of rotatable bonds is 6. The van der Waals surface area contributed by atoms with E-state index < -0.39 is 6.10 Å². The Hall–Kier alpha value is -1.06. The molecule has 0 aromatic heterocycles. The van der Waals surface area contributed by atoms with E-state index in [-0.39, 0.29) is 0 Å². The molecule has 1 aliphatic heterocycles. The lowest BCUT2D eigenvalue weighted by atomic mass is 10.1. The van der Waals surface area contributed by atoms with Gasteiger partial charge in [-0.2, -0.15) is 17.0 Å². The summed E-state index contributed by atoms with van der Waals surface area (Å²) in [6.07, 6.45) is -0.514. The molecule has 2 N–H and O–H groups in total. The van der Waals surface area contributed by atoms with Crippen molar-refractivity contribution >= 4 is 11.8 Å². The van der Waals surface area contributed by atoms with Crippen LogP contribution in [0.25, 0.3) is 0 Å². The van der Waals surface area contributed by atoms with Gasteiger partial charge in [-0.15, -0.1) is 0 Å². The summed E-state index contributed by atoms with van der Waals surface area (Å²) < 4.78 is 0. The molecule has 1 fully saturated rings. The highest BCUT2D eigenvalue weighted by molar-refractivity contribution is 7.99. The quantitative estimate of drug-likeness (QED) is 0.772. The SMILES string of the molecule is N#Cc1ccc(C(O)CNCCN2CCSCC2)cc1. The number of nitrogens with one attached hydrogen (secondary N) is 1. The minimum Gasteiger partial charge on any atom is -0.387 e. The number of aliphatic hydroxyl groups is 1. The number of hydrogen-bond acceptors (Lipinski definition) is 5. The molecule has 1 atom stereocenters. The number of nitrogens with zero attached hydrogens (tertiary/aromatic N) is 2. The van der Waals surface area contributed by atoms with Crippen molar-refractivity contribution in [3.63, 3.8) is 0 Å². The summed E-state index contributed by atoms with van der Waals surface area (Å²) in [7, 11) is 0. The van der Waals surface area contributed by atoms with Crippen LogP contribution < -0.4 is 5.32 Å². The zero-order valence-corrected chi connectivity index (χ0v) is 12.4. The third-order valence-corrected chi connectivity index (χ3v) is 4.41. The highest BCUT2D eigenvalue weighted by Gasteiger charge is 2.10. The first-order chi connectivity index (χ1) is 9.79. The van der Waals surface area contributed by atoms with Crippen molar-refractivity contribution in [3.8, 4) is 6.07 Å². The van der Waals surface area contributed by atoms with E-state index in [0.29, 0.717) is 12.1 Å². The topological polar surface area (TPSA) is 59.3 Å². The standard InChI is InChI=1S/C15H21N3OS/c16-11-13-1-3-14(4-2-13)15(19)12-17-5-6-18-7-9-20-10-8-18/h1-4,15,17,19H,5-10,12H2. The molecule has 0 spiro atoms. The van der Waals surface area contributed by atoms with Crippen LogP contribution in [0, 0.1) is 11.3 Å². The van der Waals surface area contributed by atoms with Crippen molar-refractivity contribution < 1.29 is 5.11 Å². The fourth-order valence-electron chi connectivity index (χ4n) is 2.20. The van der Waals surface area contributed by atoms with Crippen molar-refractivity contribution in [1.29, 1.82) is 5.26 Å². The lowest BCUT2D eigenvalue weighted by Crippen LogP contribution is -2.38. The van der Waals surface area contributed by atoms with Gasteiger partial charge in [0.05, 0.1) is 17.7 Å². The van der Waals surface area contributed by atoms with Crippen LogP contribution in [-0.4, -0.2) is 54.2 Å². The van der Waals surface area contributed by atoms with Gasteiger partial charge in [0.1, 0.15) is 0 Å². The second kappa shape index (κ2) is 8.28. The van der Waals surface area contributed by atoms with E-state index in [1.54, 1.807) is 12.1 Å². The minimum absolute atomic E-state index is 0.514. The molecule has 0 radical (unpaired) electrons. The van der Waals surface area contributed by atoms with Crippen LogP contribution >= 0.6 is 11.8 Å². The molecule has 1 aliphatic rings. The van der Waals surface area contributed by atoms with Crippen LogP contribution in [0.5, 0.6) is 0 Å². The van der Waals surface area contributed by atoms with E-state index in [9.17, 15) is 5.11 Å². The fraction of sp³-hybridized carbons (Fsp3) is 0.533. The predicted octanol–water partition coefficient (Wildman–Crippen LogP) is 1.23. The average molecular weight is 291 g/mol. The summed E-state index contributed by atoms with van der Waals surface area (Å²) in [4.78, 5) is 2.46. The minimum atomic E-state index is -0.514. The summed E-state index contributed by atoms with van der Waals surface area (Å²) in [5, 5.41) is 22.1. The third kappa shape index (κ3) is 4.80. The molecule has 4 nitrogen and oxygen atoms in total. The van der Waals surface area contributed by atoms with Gasteiger partial charge in [-0.3, -0.25) is 0 Å². The van der Waals surface area contributed by atoms with E-state index in [0.717, 1.165) is 18.7 Å². The van der Waals surface area contributed by atoms with E-state index in [4.69, 9.17) is 5.26 Å². The normalized spacial score (nSPS) is 17.6. The van der Waals surface area contributed by atoms with Crippen molar-refractivity contribution in [1.82, 2.24) is 10.2 Å². The maximum atomic E-state index is 10.1. The van der Waals surface area contributed by atoms with Gasteiger partial charge in [-0.05, 0) is 17.7 Å². The molecule has 1 aromatic carbocycles. The number of hydrogen-bond donors (Lipinski definition) is 2. The molecule has 20 heavy (non-hydrogen) atoms. The lowest BCUT2D eigenvalue weighted by Gasteiger charge is -2.26. The maximum absolute atomic E-state index is 10.1. The average Bonchev–Trinajstić information content (AvgIpc) is 2.52. The van der Waals surface area contributed by atoms with Crippen LogP contribution in [0.4, 0.5) is 0 Å². The molecule has 2 rings (SSSR count). The molecule has 0 amide bonds. The van der Waals surface area contributed by atoms with Crippen LogP contribution in [0.1, 0.15) is 17.2 Å². The fourth-order valence-corrected chi connectivity index (χ4v) is 3.18. The second-order valence-electron chi connectivity index (χ2n) is 4.91. The van der Waals surface area contributed by atoms with Gasteiger partial charge < -0.3 is 15.3 Å². The van der Waals surface area contributed by atoms with E-state index in [2.05, 4.69) is 16.3 Å². The van der Waals surface area contributed by atoms with Gasteiger partial charge in [0.15, 0.2) is 0 Å². The monoisotopic (exact) mass is 291 g/mol. The first-order valence-electron chi connectivity index (χ1n) is 6.98. The molecular formula is C15H21N3OS. The number of aliphatic hydroxyl groups excluding tert-OH is 1. The van der Waals surface area contributed by atoms with Gasteiger partial charge in [0.25, 0.3) is 0 Å². The Kier molecular flexibility index (Phi) is 6.34.